The van der Waals surface area contributed by atoms with Crippen molar-refractivity contribution in [2.75, 3.05) is 19.0 Å². The lowest BCUT2D eigenvalue weighted by Crippen LogP contribution is -2.34. The van der Waals surface area contributed by atoms with Gasteiger partial charge in [-0.05, 0) is 47.9 Å². The van der Waals surface area contributed by atoms with E-state index in [4.69, 9.17) is 4.74 Å². The lowest BCUT2D eigenvalue weighted by Gasteiger charge is -2.19. The van der Waals surface area contributed by atoms with Gasteiger partial charge in [-0.25, -0.2) is 4.79 Å². The fraction of sp³-hybridized carbons (Fsp3) is 0.182. The van der Waals surface area contributed by atoms with E-state index in [-0.39, 0.29) is 12.1 Å². The molecular weight excluding hydrogens is 338 g/mol. The molecule has 3 aromatic rings. The van der Waals surface area contributed by atoms with Crippen LogP contribution in [0, 0.1) is 6.92 Å². The SMILES string of the molecule is COCC(NC(=O)Nc1ccc(-c2ccnc(C)c2)cc1)c1ccccc1. The highest BCUT2D eigenvalue weighted by Gasteiger charge is 2.14. The quantitative estimate of drug-likeness (QED) is 0.676. The van der Waals surface area contributed by atoms with Crippen LogP contribution in [0.4, 0.5) is 10.5 Å². The first-order chi connectivity index (χ1) is 13.2. The minimum absolute atomic E-state index is 0.213. The van der Waals surface area contributed by atoms with Crippen molar-refractivity contribution in [3.05, 3.63) is 84.2 Å². The van der Waals surface area contributed by atoms with Crippen LogP contribution in [0.2, 0.25) is 0 Å². The molecule has 2 N–H and O–H groups in total. The molecule has 5 heteroatoms. The maximum Gasteiger partial charge on any atom is 0.319 e. The summed E-state index contributed by atoms with van der Waals surface area (Å²) in [4.78, 5) is 16.6. The highest BCUT2D eigenvalue weighted by Crippen LogP contribution is 2.21. The summed E-state index contributed by atoms with van der Waals surface area (Å²) in [6.45, 7) is 2.37. The van der Waals surface area contributed by atoms with Gasteiger partial charge in [0.25, 0.3) is 0 Å². The Balaban J connectivity index is 1.65. The second-order valence-corrected chi connectivity index (χ2v) is 6.28. The van der Waals surface area contributed by atoms with Crippen LogP contribution in [0.15, 0.2) is 72.9 Å². The lowest BCUT2D eigenvalue weighted by molar-refractivity contribution is 0.168. The van der Waals surface area contributed by atoms with Gasteiger partial charge in [0.15, 0.2) is 0 Å². The summed E-state index contributed by atoms with van der Waals surface area (Å²) in [5.74, 6) is 0. The molecule has 2 amide bonds. The van der Waals surface area contributed by atoms with Crippen LogP contribution in [-0.4, -0.2) is 24.7 Å². The predicted octanol–water partition coefficient (Wildman–Crippen LogP) is 4.57. The first-order valence-corrected chi connectivity index (χ1v) is 8.80. The third-order valence-corrected chi connectivity index (χ3v) is 4.21. The Kier molecular flexibility index (Phi) is 6.18. The summed E-state index contributed by atoms with van der Waals surface area (Å²) >= 11 is 0. The van der Waals surface area contributed by atoms with E-state index in [2.05, 4.69) is 15.6 Å². The van der Waals surface area contributed by atoms with E-state index in [1.165, 1.54) is 0 Å². The number of amides is 2. The van der Waals surface area contributed by atoms with Gasteiger partial charge in [0, 0.05) is 24.7 Å². The van der Waals surface area contributed by atoms with Gasteiger partial charge in [-0.15, -0.1) is 0 Å². The van der Waals surface area contributed by atoms with Crippen LogP contribution in [0.1, 0.15) is 17.3 Å². The van der Waals surface area contributed by atoms with Gasteiger partial charge in [0.1, 0.15) is 0 Å². The Hall–Kier alpha value is -3.18. The van der Waals surface area contributed by atoms with Gasteiger partial charge in [-0.1, -0.05) is 42.5 Å². The summed E-state index contributed by atoms with van der Waals surface area (Å²) in [7, 11) is 1.62. The van der Waals surface area contributed by atoms with Gasteiger partial charge >= 0.3 is 6.03 Å². The summed E-state index contributed by atoms with van der Waals surface area (Å²) in [5.41, 5.74) is 4.87. The molecule has 0 aliphatic carbocycles. The van der Waals surface area contributed by atoms with E-state index >= 15 is 0 Å². The summed E-state index contributed by atoms with van der Waals surface area (Å²) in [5, 5.41) is 5.83. The minimum atomic E-state index is -0.270. The van der Waals surface area contributed by atoms with Crippen LogP contribution in [0.5, 0.6) is 0 Å². The molecule has 138 valence electrons. The number of carbonyl (C=O) groups is 1. The molecule has 1 atom stereocenters. The number of rotatable bonds is 6. The lowest BCUT2D eigenvalue weighted by atomic mass is 10.1. The second kappa shape index (κ2) is 8.96. The smallest absolute Gasteiger partial charge is 0.319 e. The highest BCUT2D eigenvalue weighted by molar-refractivity contribution is 5.89. The standard InChI is InChI=1S/C22H23N3O2/c1-16-14-19(12-13-23-16)17-8-10-20(11-9-17)24-22(26)25-21(15-27-2)18-6-4-3-5-7-18/h3-14,21H,15H2,1-2H3,(H2,24,25,26). The first-order valence-electron chi connectivity index (χ1n) is 8.80. The van der Waals surface area contributed by atoms with Crippen molar-refractivity contribution in [3.8, 4) is 11.1 Å². The van der Waals surface area contributed by atoms with E-state index < -0.39 is 0 Å². The number of urea groups is 1. The molecule has 1 aromatic heterocycles. The molecule has 0 saturated heterocycles. The largest absolute Gasteiger partial charge is 0.382 e. The Morgan fingerprint density at radius 2 is 1.78 bits per heavy atom. The number of hydrogen-bond donors (Lipinski definition) is 2. The second-order valence-electron chi connectivity index (χ2n) is 6.28. The van der Waals surface area contributed by atoms with E-state index in [1.807, 2.05) is 73.7 Å². The number of nitrogens with one attached hydrogen (secondary N) is 2. The van der Waals surface area contributed by atoms with Crippen molar-refractivity contribution in [2.24, 2.45) is 0 Å². The van der Waals surface area contributed by atoms with Gasteiger partial charge in [-0.2, -0.15) is 0 Å². The molecular formula is C22H23N3O2. The van der Waals surface area contributed by atoms with Crippen molar-refractivity contribution in [1.29, 1.82) is 0 Å². The van der Waals surface area contributed by atoms with Crippen molar-refractivity contribution in [2.45, 2.75) is 13.0 Å². The zero-order valence-electron chi connectivity index (χ0n) is 15.5. The monoisotopic (exact) mass is 361 g/mol. The molecule has 1 unspecified atom stereocenters. The van der Waals surface area contributed by atoms with Gasteiger partial charge in [0.05, 0.1) is 12.6 Å². The maximum atomic E-state index is 12.4. The Labute approximate surface area is 159 Å². The number of carbonyl (C=O) groups excluding carboxylic acids is 1. The Morgan fingerprint density at radius 1 is 1.04 bits per heavy atom. The Morgan fingerprint density at radius 3 is 2.44 bits per heavy atom. The molecule has 0 aliphatic heterocycles. The average Bonchev–Trinajstić information content (AvgIpc) is 2.69. The number of aryl methyl sites for hydroxylation is 1. The van der Waals surface area contributed by atoms with E-state index in [0.717, 1.165) is 28.1 Å². The van der Waals surface area contributed by atoms with Crippen molar-refractivity contribution < 1.29 is 9.53 Å². The zero-order valence-corrected chi connectivity index (χ0v) is 15.5. The fourth-order valence-corrected chi connectivity index (χ4v) is 2.87. The number of anilines is 1. The van der Waals surface area contributed by atoms with Gasteiger partial charge in [0.2, 0.25) is 0 Å². The van der Waals surface area contributed by atoms with Crippen LogP contribution in [-0.2, 0) is 4.74 Å². The number of ether oxygens (including phenoxy) is 1. The highest BCUT2D eigenvalue weighted by atomic mass is 16.5. The van der Waals surface area contributed by atoms with Crippen LogP contribution >= 0.6 is 0 Å². The number of aromatic nitrogens is 1. The van der Waals surface area contributed by atoms with E-state index in [0.29, 0.717) is 6.61 Å². The van der Waals surface area contributed by atoms with Crippen molar-refractivity contribution >= 4 is 11.7 Å². The summed E-state index contributed by atoms with van der Waals surface area (Å²) in [6, 6.07) is 21.0. The normalized spacial score (nSPS) is 11.6. The summed E-state index contributed by atoms with van der Waals surface area (Å²) in [6.07, 6.45) is 1.80. The number of pyridine rings is 1. The molecule has 2 aromatic carbocycles. The fourth-order valence-electron chi connectivity index (χ4n) is 2.87. The van der Waals surface area contributed by atoms with Gasteiger partial charge in [-0.3, -0.25) is 4.98 Å². The third kappa shape index (κ3) is 5.15. The minimum Gasteiger partial charge on any atom is -0.382 e. The molecule has 27 heavy (non-hydrogen) atoms. The zero-order chi connectivity index (χ0) is 19.1. The van der Waals surface area contributed by atoms with Crippen molar-refractivity contribution in [1.82, 2.24) is 10.3 Å². The molecule has 5 nitrogen and oxygen atoms in total. The number of benzene rings is 2. The van der Waals surface area contributed by atoms with E-state index in [9.17, 15) is 4.79 Å². The molecule has 0 spiro atoms. The van der Waals surface area contributed by atoms with Gasteiger partial charge < -0.3 is 15.4 Å². The topological polar surface area (TPSA) is 63.2 Å². The molecule has 0 saturated carbocycles. The number of hydrogen-bond acceptors (Lipinski definition) is 3. The molecule has 0 bridgehead atoms. The van der Waals surface area contributed by atoms with Crippen LogP contribution in [0.25, 0.3) is 11.1 Å². The van der Waals surface area contributed by atoms with E-state index in [1.54, 1.807) is 13.3 Å². The Bertz CT molecular complexity index is 880. The number of nitrogens with zero attached hydrogens (tertiary/aromatic N) is 1. The van der Waals surface area contributed by atoms with Crippen molar-refractivity contribution in [3.63, 3.8) is 0 Å². The first kappa shape index (κ1) is 18.6. The molecule has 3 rings (SSSR count). The maximum absolute atomic E-state index is 12.4. The molecule has 0 radical (unpaired) electrons. The third-order valence-electron chi connectivity index (χ3n) is 4.21. The number of methoxy groups -OCH3 is 1. The molecule has 0 aliphatic rings. The molecule has 1 heterocycles. The van der Waals surface area contributed by atoms with Crippen LogP contribution in [0.3, 0.4) is 0 Å². The average molecular weight is 361 g/mol. The molecule has 0 fully saturated rings. The predicted molar refractivity (Wildman–Crippen MR) is 108 cm³/mol. The summed E-state index contributed by atoms with van der Waals surface area (Å²) < 4.78 is 5.24. The van der Waals surface area contributed by atoms with Crippen LogP contribution < -0.4 is 10.6 Å².